The minimum atomic E-state index is -3.91. The van der Waals surface area contributed by atoms with E-state index in [1.54, 1.807) is 19.2 Å². The Kier molecular flexibility index (Phi) is 5.17. The second-order valence-corrected chi connectivity index (χ2v) is 6.77. The van der Waals surface area contributed by atoms with Crippen molar-refractivity contribution in [3.05, 3.63) is 48.2 Å². The van der Waals surface area contributed by atoms with Crippen molar-refractivity contribution < 1.29 is 17.9 Å². The zero-order valence-corrected chi connectivity index (χ0v) is 12.9. The van der Waals surface area contributed by atoms with Crippen LogP contribution in [0.5, 0.6) is 11.6 Å². The number of pyridine rings is 1. The molecule has 0 atom stereocenters. The highest BCUT2D eigenvalue weighted by atomic mass is 35.7. The lowest BCUT2D eigenvalue weighted by molar-refractivity contribution is 0.202. The van der Waals surface area contributed by atoms with E-state index in [4.69, 9.17) is 20.2 Å². The van der Waals surface area contributed by atoms with Crippen molar-refractivity contribution in [1.29, 1.82) is 0 Å². The van der Waals surface area contributed by atoms with Gasteiger partial charge >= 0.3 is 0 Å². The third-order valence-corrected chi connectivity index (χ3v) is 4.07. The number of nitrogens with zero attached hydrogens (tertiary/aromatic N) is 1. The van der Waals surface area contributed by atoms with Gasteiger partial charge in [-0.15, -0.1) is 0 Å². The van der Waals surface area contributed by atoms with Gasteiger partial charge in [0.05, 0.1) is 6.61 Å². The summed E-state index contributed by atoms with van der Waals surface area (Å²) in [5.74, 6) is 0.438. The van der Waals surface area contributed by atoms with Crippen LogP contribution in [0.2, 0.25) is 0 Å². The molecule has 112 valence electrons. The molecule has 0 radical (unpaired) electrons. The average Bonchev–Trinajstić information content (AvgIpc) is 2.46. The van der Waals surface area contributed by atoms with Crippen molar-refractivity contribution in [3.63, 3.8) is 0 Å². The Morgan fingerprint density at radius 2 is 1.90 bits per heavy atom. The first-order valence-corrected chi connectivity index (χ1v) is 8.47. The molecule has 0 aliphatic carbocycles. The molecule has 0 saturated carbocycles. The predicted octanol–water partition coefficient (Wildman–Crippen LogP) is 2.99. The first-order valence-electron chi connectivity index (χ1n) is 6.16. The lowest BCUT2D eigenvalue weighted by Crippen LogP contribution is -1.98. The van der Waals surface area contributed by atoms with Crippen LogP contribution in [0.15, 0.2) is 47.5 Å². The van der Waals surface area contributed by atoms with Gasteiger partial charge in [-0.25, -0.2) is 13.4 Å². The van der Waals surface area contributed by atoms with Crippen molar-refractivity contribution in [1.82, 2.24) is 4.98 Å². The van der Waals surface area contributed by atoms with Crippen molar-refractivity contribution >= 4 is 19.7 Å². The van der Waals surface area contributed by atoms with Crippen LogP contribution in [0.4, 0.5) is 0 Å². The van der Waals surface area contributed by atoms with Gasteiger partial charge < -0.3 is 9.47 Å². The number of ether oxygens (including phenoxy) is 2. The summed E-state index contributed by atoms with van der Waals surface area (Å²) in [6.45, 7) is 0.634. The third-order valence-electron chi connectivity index (χ3n) is 2.73. The maximum atomic E-state index is 11.4. The Morgan fingerprint density at radius 3 is 2.52 bits per heavy atom. The molecule has 7 heteroatoms. The molecule has 0 amide bonds. The van der Waals surface area contributed by atoms with Crippen molar-refractivity contribution in [3.8, 4) is 11.6 Å². The molecule has 21 heavy (non-hydrogen) atoms. The van der Waals surface area contributed by atoms with Gasteiger partial charge in [-0.05, 0) is 36.2 Å². The van der Waals surface area contributed by atoms with Gasteiger partial charge in [0.2, 0.25) is 5.88 Å². The molecule has 0 unspecified atom stereocenters. The zero-order chi connectivity index (χ0) is 15.3. The van der Waals surface area contributed by atoms with E-state index in [0.29, 0.717) is 12.4 Å². The van der Waals surface area contributed by atoms with E-state index in [1.165, 1.54) is 18.3 Å². The van der Waals surface area contributed by atoms with E-state index >= 15 is 0 Å². The number of halogens is 1. The monoisotopic (exact) mass is 327 g/mol. The molecular weight excluding hydrogens is 314 g/mol. The van der Waals surface area contributed by atoms with Gasteiger partial charge in [-0.3, -0.25) is 0 Å². The molecule has 0 aliphatic heterocycles. The summed E-state index contributed by atoms with van der Waals surface area (Å²) in [5, 5.41) is 0. The molecule has 0 bridgehead atoms. The Labute approximate surface area is 127 Å². The second kappa shape index (κ2) is 6.89. The Morgan fingerprint density at radius 1 is 1.19 bits per heavy atom. The quantitative estimate of drug-likeness (QED) is 0.763. The fourth-order valence-corrected chi connectivity index (χ4v) is 2.59. The highest BCUT2D eigenvalue weighted by Crippen LogP contribution is 2.28. The molecule has 1 aromatic carbocycles. The van der Waals surface area contributed by atoms with E-state index in [9.17, 15) is 8.42 Å². The van der Waals surface area contributed by atoms with Crippen LogP contribution in [0.1, 0.15) is 5.56 Å². The second-order valence-electron chi connectivity index (χ2n) is 4.23. The van der Waals surface area contributed by atoms with Gasteiger partial charge in [0.15, 0.2) is 0 Å². The van der Waals surface area contributed by atoms with Crippen LogP contribution in [0, 0.1) is 0 Å². The molecule has 0 spiro atoms. The van der Waals surface area contributed by atoms with E-state index < -0.39 is 9.05 Å². The molecule has 0 aliphatic rings. The summed E-state index contributed by atoms with van der Waals surface area (Å²) in [4.78, 5) is 3.75. The van der Waals surface area contributed by atoms with E-state index in [1.807, 2.05) is 12.1 Å². The summed E-state index contributed by atoms with van der Waals surface area (Å²) >= 11 is 0. The summed E-state index contributed by atoms with van der Waals surface area (Å²) < 4.78 is 33.4. The Hall–Kier alpha value is -1.63. The minimum Gasteiger partial charge on any atom is -0.438 e. The minimum absolute atomic E-state index is 0.0443. The lowest BCUT2D eigenvalue weighted by atomic mass is 10.1. The maximum absolute atomic E-state index is 11.4. The molecule has 5 nitrogen and oxygen atoms in total. The van der Waals surface area contributed by atoms with E-state index in [0.717, 1.165) is 12.0 Å². The standard InChI is InChI=1S/C14H14ClNO4S/c1-19-10-8-11-4-6-12(7-5-11)20-14-13(21(15,17)18)3-2-9-16-14/h2-7,9H,8,10H2,1H3. The summed E-state index contributed by atoms with van der Waals surface area (Å²) in [6, 6.07) is 10.1. The number of rotatable bonds is 6. The van der Waals surface area contributed by atoms with Gasteiger partial charge in [-0.1, -0.05) is 12.1 Å². The summed E-state index contributed by atoms with van der Waals surface area (Å²) in [5.41, 5.74) is 1.09. The normalized spacial score (nSPS) is 11.3. The number of benzene rings is 1. The molecule has 0 N–H and O–H groups in total. The largest absolute Gasteiger partial charge is 0.438 e. The summed E-state index contributed by atoms with van der Waals surface area (Å²) in [6.07, 6.45) is 2.23. The molecule has 2 aromatic rings. The molecule has 1 heterocycles. The number of hydrogen-bond donors (Lipinski definition) is 0. The van der Waals surface area contributed by atoms with E-state index in [2.05, 4.69) is 4.98 Å². The molecule has 1 aromatic heterocycles. The van der Waals surface area contributed by atoms with Gasteiger partial charge in [-0.2, -0.15) is 0 Å². The Balaban J connectivity index is 2.19. The maximum Gasteiger partial charge on any atom is 0.266 e. The summed E-state index contributed by atoms with van der Waals surface area (Å²) in [7, 11) is 3.09. The Bertz CT molecular complexity index is 701. The first kappa shape index (κ1) is 15.8. The molecule has 0 fully saturated rings. The van der Waals surface area contributed by atoms with E-state index in [-0.39, 0.29) is 10.8 Å². The highest BCUT2D eigenvalue weighted by Gasteiger charge is 2.18. The van der Waals surface area contributed by atoms with Crippen LogP contribution in [0.25, 0.3) is 0 Å². The topological polar surface area (TPSA) is 65.5 Å². The third kappa shape index (κ3) is 4.42. The first-order chi connectivity index (χ1) is 10.0. The van der Waals surface area contributed by atoms with Gasteiger partial charge in [0.25, 0.3) is 9.05 Å². The number of hydrogen-bond acceptors (Lipinski definition) is 5. The lowest BCUT2D eigenvalue weighted by Gasteiger charge is -2.08. The van der Waals surface area contributed by atoms with Gasteiger partial charge in [0, 0.05) is 24.0 Å². The zero-order valence-electron chi connectivity index (χ0n) is 11.3. The molecular formula is C14H14ClNO4S. The average molecular weight is 328 g/mol. The van der Waals surface area contributed by atoms with Crippen molar-refractivity contribution in [2.24, 2.45) is 0 Å². The predicted molar refractivity (Wildman–Crippen MR) is 79.4 cm³/mol. The van der Waals surface area contributed by atoms with Gasteiger partial charge in [0.1, 0.15) is 10.6 Å². The fourth-order valence-electron chi connectivity index (χ4n) is 1.69. The smallest absolute Gasteiger partial charge is 0.266 e. The number of aromatic nitrogens is 1. The molecule has 2 rings (SSSR count). The SMILES string of the molecule is COCCc1ccc(Oc2ncccc2S(=O)(=O)Cl)cc1. The molecule has 0 saturated heterocycles. The fraction of sp³-hybridized carbons (Fsp3) is 0.214. The van der Waals surface area contributed by atoms with Crippen LogP contribution in [0.3, 0.4) is 0 Å². The highest BCUT2D eigenvalue weighted by molar-refractivity contribution is 8.13. The van der Waals surface area contributed by atoms with Crippen molar-refractivity contribution in [2.75, 3.05) is 13.7 Å². The number of methoxy groups -OCH3 is 1. The van der Waals surface area contributed by atoms with Crippen LogP contribution in [-0.4, -0.2) is 27.1 Å². The van der Waals surface area contributed by atoms with Crippen LogP contribution < -0.4 is 4.74 Å². The van der Waals surface area contributed by atoms with Crippen molar-refractivity contribution in [2.45, 2.75) is 11.3 Å². The van der Waals surface area contributed by atoms with Crippen LogP contribution >= 0.6 is 10.7 Å². The van der Waals surface area contributed by atoms with Crippen LogP contribution in [-0.2, 0) is 20.2 Å².